The third-order valence-electron chi connectivity index (χ3n) is 4.18. The van der Waals surface area contributed by atoms with Crippen molar-refractivity contribution in [3.8, 4) is 0 Å². The molecule has 25 heavy (non-hydrogen) atoms. The molecule has 0 saturated heterocycles. The van der Waals surface area contributed by atoms with Crippen LogP contribution in [0.2, 0.25) is 0 Å². The molecule has 0 unspecified atom stereocenters. The van der Waals surface area contributed by atoms with Crippen LogP contribution in [0.1, 0.15) is 43.5 Å². The van der Waals surface area contributed by atoms with E-state index < -0.39 is 0 Å². The first-order valence-corrected chi connectivity index (χ1v) is 8.87. The Kier molecular flexibility index (Phi) is 7.20. The number of nitrogens with one attached hydrogen (secondary N) is 1. The van der Waals surface area contributed by atoms with Crippen LogP contribution in [-0.4, -0.2) is 24.8 Å². The Labute approximate surface area is 149 Å². The first-order chi connectivity index (χ1) is 12.1. The lowest BCUT2D eigenvalue weighted by atomic mass is 10.1. The van der Waals surface area contributed by atoms with Gasteiger partial charge in [0, 0.05) is 42.9 Å². The molecular formula is C21H26N2O2. The second-order valence-electron chi connectivity index (χ2n) is 5.91. The lowest BCUT2D eigenvalue weighted by Gasteiger charge is -2.21. The van der Waals surface area contributed by atoms with Crippen LogP contribution >= 0.6 is 0 Å². The summed E-state index contributed by atoms with van der Waals surface area (Å²) in [5.74, 6) is 0.0217. The fourth-order valence-corrected chi connectivity index (χ4v) is 2.75. The minimum atomic E-state index is -0.0588. The number of hydrogen-bond acceptors (Lipinski definition) is 3. The van der Waals surface area contributed by atoms with Crippen molar-refractivity contribution in [1.29, 1.82) is 0 Å². The fourth-order valence-electron chi connectivity index (χ4n) is 2.75. The van der Waals surface area contributed by atoms with Crippen molar-refractivity contribution in [2.45, 2.75) is 33.1 Å². The van der Waals surface area contributed by atoms with E-state index in [1.807, 2.05) is 42.5 Å². The third-order valence-corrected chi connectivity index (χ3v) is 4.18. The number of amides is 1. The summed E-state index contributed by atoms with van der Waals surface area (Å²) in [6.07, 6.45) is 1.28. The maximum Gasteiger partial charge on any atom is 0.224 e. The van der Waals surface area contributed by atoms with Gasteiger partial charge in [0.2, 0.25) is 5.91 Å². The van der Waals surface area contributed by atoms with Crippen LogP contribution in [-0.2, 0) is 4.79 Å². The van der Waals surface area contributed by atoms with Gasteiger partial charge < -0.3 is 10.2 Å². The predicted molar refractivity (Wildman–Crippen MR) is 103 cm³/mol. The molecule has 0 aromatic heterocycles. The Morgan fingerprint density at radius 3 is 2.12 bits per heavy atom. The van der Waals surface area contributed by atoms with Gasteiger partial charge in [-0.1, -0.05) is 30.3 Å². The molecule has 4 heteroatoms. The highest BCUT2D eigenvalue weighted by atomic mass is 16.1. The summed E-state index contributed by atoms with van der Waals surface area (Å²) in [4.78, 5) is 26.3. The van der Waals surface area contributed by atoms with Crippen molar-refractivity contribution in [1.82, 2.24) is 0 Å². The maximum absolute atomic E-state index is 12.0. The van der Waals surface area contributed by atoms with Gasteiger partial charge in [-0.05, 0) is 44.5 Å². The van der Waals surface area contributed by atoms with E-state index in [2.05, 4.69) is 24.1 Å². The summed E-state index contributed by atoms with van der Waals surface area (Å²) in [7, 11) is 0. The van der Waals surface area contributed by atoms with Crippen LogP contribution < -0.4 is 10.2 Å². The number of benzene rings is 2. The molecule has 0 spiro atoms. The van der Waals surface area contributed by atoms with Crippen molar-refractivity contribution in [3.63, 3.8) is 0 Å². The highest BCUT2D eigenvalue weighted by molar-refractivity contribution is 5.96. The molecule has 0 bridgehead atoms. The van der Waals surface area contributed by atoms with Gasteiger partial charge in [0.25, 0.3) is 0 Å². The molecule has 0 atom stereocenters. The van der Waals surface area contributed by atoms with Crippen molar-refractivity contribution in [2.75, 3.05) is 23.3 Å². The number of anilines is 2. The van der Waals surface area contributed by atoms with E-state index in [1.54, 1.807) is 12.1 Å². The van der Waals surface area contributed by atoms with E-state index in [0.717, 1.165) is 24.5 Å². The molecule has 1 N–H and O–H groups in total. The van der Waals surface area contributed by atoms with E-state index in [0.29, 0.717) is 24.8 Å². The van der Waals surface area contributed by atoms with E-state index in [-0.39, 0.29) is 11.7 Å². The van der Waals surface area contributed by atoms with Gasteiger partial charge in [-0.3, -0.25) is 9.59 Å². The number of nitrogens with zero attached hydrogens (tertiary/aromatic N) is 1. The van der Waals surface area contributed by atoms with Gasteiger partial charge >= 0.3 is 0 Å². The molecule has 132 valence electrons. The zero-order chi connectivity index (χ0) is 18.1. The Balaban J connectivity index is 1.77. The fraction of sp³-hybridized carbons (Fsp3) is 0.333. The molecule has 4 nitrogen and oxygen atoms in total. The average Bonchev–Trinajstić information content (AvgIpc) is 2.64. The normalized spacial score (nSPS) is 10.3. The van der Waals surface area contributed by atoms with Crippen LogP contribution in [0.25, 0.3) is 0 Å². The quantitative estimate of drug-likeness (QED) is 0.684. The number of carbonyl (C=O) groups excluding carboxylic acids is 2. The first kappa shape index (κ1) is 18.7. The molecule has 0 radical (unpaired) electrons. The molecular weight excluding hydrogens is 312 g/mol. The number of hydrogen-bond donors (Lipinski definition) is 1. The minimum Gasteiger partial charge on any atom is -0.372 e. The van der Waals surface area contributed by atoms with Gasteiger partial charge in [0.05, 0.1) is 0 Å². The van der Waals surface area contributed by atoms with Gasteiger partial charge in [0.1, 0.15) is 0 Å². The van der Waals surface area contributed by atoms with E-state index in [4.69, 9.17) is 0 Å². The maximum atomic E-state index is 12.0. The van der Waals surface area contributed by atoms with Crippen molar-refractivity contribution < 1.29 is 9.59 Å². The van der Waals surface area contributed by atoms with Crippen LogP contribution in [0.3, 0.4) is 0 Å². The van der Waals surface area contributed by atoms with Crippen LogP contribution in [0.5, 0.6) is 0 Å². The highest BCUT2D eigenvalue weighted by Crippen LogP contribution is 2.18. The lowest BCUT2D eigenvalue weighted by molar-refractivity contribution is -0.116. The minimum absolute atomic E-state index is 0.0588. The second kappa shape index (κ2) is 9.62. The Morgan fingerprint density at radius 2 is 1.52 bits per heavy atom. The smallest absolute Gasteiger partial charge is 0.224 e. The largest absolute Gasteiger partial charge is 0.372 e. The van der Waals surface area contributed by atoms with Crippen LogP contribution in [0.15, 0.2) is 54.6 Å². The van der Waals surface area contributed by atoms with Gasteiger partial charge in [0.15, 0.2) is 5.78 Å². The first-order valence-electron chi connectivity index (χ1n) is 8.87. The topological polar surface area (TPSA) is 49.4 Å². The van der Waals surface area contributed by atoms with Gasteiger partial charge in [-0.2, -0.15) is 0 Å². The van der Waals surface area contributed by atoms with E-state index in [1.165, 1.54) is 0 Å². The number of carbonyl (C=O) groups is 2. The molecule has 1 amide bonds. The third kappa shape index (κ3) is 5.75. The summed E-state index contributed by atoms with van der Waals surface area (Å²) in [6, 6.07) is 17.1. The SMILES string of the molecule is CCN(CC)c1ccc(NC(=O)CCCC(=O)c2ccccc2)cc1. The Hall–Kier alpha value is -2.62. The molecule has 0 saturated carbocycles. The summed E-state index contributed by atoms with van der Waals surface area (Å²) in [5, 5.41) is 2.89. The standard InChI is InChI=1S/C21H26N2O2/c1-3-23(4-2)19-15-13-18(14-16-19)22-21(25)12-8-11-20(24)17-9-6-5-7-10-17/h5-7,9-10,13-16H,3-4,8,11-12H2,1-2H3,(H,22,25). The Bertz CT molecular complexity index is 677. The molecule has 2 rings (SSSR count). The zero-order valence-electron chi connectivity index (χ0n) is 15.0. The second-order valence-corrected chi connectivity index (χ2v) is 5.91. The van der Waals surface area contributed by atoms with E-state index in [9.17, 15) is 9.59 Å². The summed E-state index contributed by atoms with van der Waals surface area (Å²) in [6.45, 7) is 6.15. The predicted octanol–water partition coefficient (Wildman–Crippen LogP) is 4.52. The summed E-state index contributed by atoms with van der Waals surface area (Å²) >= 11 is 0. The monoisotopic (exact) mass is 338 g/mol. The number of ketones is 1. The number of rotatable bonds is 9. The molecule has 0 aliphatic heterocycles. The van der Waals surface area contributed by atoms with Crippen LogP contribution in [0, 0.1) is 0 Å². The summed E-state index contributed by atoms with van der Waals surface area (Å²) < 4.78 is 0. The van der Waals surface area contributed by atoms with Crippen molar-refractivity contribution >= 4 is 23.1 Å². The Morgan fingerprint density at radius 1 is 0.880 bits per heavy atom. The van der Waals surface area contributed by atoms with Gasteiger partial charge in [-0.25, -0.2) is 0 Å². The molecule has 0 heterocycles. The van der Waals surface area contributed by atoms with Crippen LogP contribution in [0.4, 0.5) is 11.4 Å². The highest BCUT2D eigenvalue weighted by Gasteiger charge is 2.08. The lowest BCUT2D eigenvalue weighted by Crippen LogP contribution is -2.21. The van der Waals surface area contributed by atoms with Crippen molar-refractivity contribution in [3.05, 3.63) is 60.2 Å². The van der Waals surface area contributed by atoms with E-state index >= 15 is 0 Å². The molecule has 0 aliphatic carbocycles. The molecule has 0 fully saturated rings. The van der Waals surface area contributed by atoms with Crippen molar-refractivity contribution in [2.24, 2.45) is 0 Å². The number of Topliss-reactive ketones (excluding diaryl/α,β-unsaturated/α-hetero) is 1. The molecule has 2 aromatic rings. The van der Waals surface area contributed by atoms with Gasteiger partial charge in [-0.15, -0.1) is 0 Å². The molecule has 2 aromatic carbocycles. The molecule has 0 aliphatic rings. The average molecular weight is 338 g/mol. The zero-order valence-corrected chi connectivity index (χ0v) is 15.0. The summed E-state index contributed by atoms with van der Waals surface area (Å²) in [5.41, 5.74) is 2.64.